The van der Waals surface area contributed by atoms with Crippen LogP contribution in [0.2, 0.25) is 0 Å². The van der Waals surface area contributed by atoms with Gasteiger partial charge in [-0.25, -0.2) is 0 Å². The maximum absolute atomic E-state index is 12.9. The molecule has 1 aliphatic carbocycles. The molecular weight excluding hydrogens is 500 g/mol. The summed E-state index contributed by atoms with van der Waals surface area (Å²) in [5.74, 6) is 0.266. The van der Waals surface area contributed by atoms with E-state index in [0.717, 1.165) is 41.0 Å². The summed E-state index contributed by atoms with van der Waals surface area (Å²) in [6.07, 6.45) is 5.26. The van der Waals surface area contributed by atoms with E-state index >= 15 is 0 Å². The predicted octanol–water partition coefficient (Wildman–Crippen LogP) is 7.47. The summed E-state index contributed by atoms with van der Waals surface area (Å²) in [5, 5.41) is 0. The minimum Gasteiger partial charge on any atom is -0.293 e. The van der Waals surface area contributed by atoms with Gasteiger partial charge in [-0.2, -0.15) is 0 Å². The normalized spacial score (nSPS) is 16.6. The van der Waals surface area contributed by atoms with Gasteiger partial charge in [0.2, 0.25) is 0 Å². The van der Waals surface area contributed by atoms with Crippen molar-refractivity contribution in [3.63, 3.8) is 0 Å². The maximum atomic E-state index is 12.9. The lowest BCUT2D eigenvalue weighted by atomic mass is 9.83. The average molecular weight is 524 g/mol. The third kappa shape index (κ3) is 5.17. The standard InChI is InChI=1S/C23H24Br2O2S/c1-22(2,24)20(26)16-6-10-18(11-7-16)28-19-12-8-17(9-13-19)21(27)23(25)14-4-3-5-15-23/h6-13H,3-5,14-15H2,1-2H3. The van der Waals surface area contributed by atoms with E-state index in [1.807, 2.05) is 62.4 Å². The van der Waals surface area contributed by atoms with Crippen molar-refractivity contribution in [2.75, 3.05) is 0 Å². The van der Waals surface area contributed by atoms with Gasteiger partial charge in [0, 0.05) is 20.9 Å². The van der Waals surface area contributed by atoms with Crippen LogP contribution >= 0.6 is 43.6 Å². The van der Waals surface area contributed by atoms with Gasteiger partial charge in [-0.3, -0.25) is 9.59 Å². The topological polar surface area (TPSA) is 34.1 Å². The molecule has 2 aromatic carbocycles. The Balaban J connectivity index is 1.67. The van der Waals surface area contributed by atoms with Gasteiger partial charge in [-0.15, -0.1) is 0 Å². The molecule has 2 aromatic rings. The van der Waals surface area contributed by atoms with Crippen molar-refractivity contribution in [1.29, 1.82) is 0 Å². The van der Waals surface area contributed by atoms with Crippen LogP contribution in [0.25, 0.3) is 0 Å². The number of carbonyl (C=O) groups excluding carboxylic acids is 2. The highest BCUT2D eigenvalue weighted by Crippen LogP contribution is 2.39. The minimum absolute atomic E-state index is 0.0679. The first-order chi connectivity index (χ1) is 13.2. The maximum Gasteiger partial charge on any atom is 0.179 e. The largest absolute Gasteiger partial charge is 0.293 e. The number of halogens is 2. The summed E-state index contributed by atoms with van der Waals surface area (Å²) in [5.41, 5.74) is 1.46. The number of benzene rings is 2. The van der Waals surface area contributed by atoms with Crippen LogP contribution in [0.5, 0.6) is 0 Å². The summed E-state index contributed by atoms with van der Waals surface area (Å²) in [6.45, 7) is 3.70. The molecule has 0 N–H and O–H groups in total. The summed E-state index contributed by atoms with van der Waals surface area (Å²) in [4.78, 5) is 27.3. The van der Waals surface area contributed by atoms with Crippen LogP contribution in [0.15, 0.2) is 58.3 Å². The van der Waals surface area contributed by atoms with Crippen LogP contribution in [0, 0.1) is 0 Å². The molecule has 0 aromatic heterocycles. The van der Waals surface area contributed by atoms with Crippen LogP contribution < -0.4 is 0 Å². The number of rotatable bonds is 6. The Kier molecular flexibility index (Phi) is 6.88. The van der Waals surface area contributed by atoms with E-state index < -0.39 is 4.32 Å². The summed E-state index contributed by atoms with van der Waals surface area (Å²) >= 11 is 8.76. The van der Waals surface area contributed by atoms with Crippen molar-refractivity contribution in [1.82, 2.24) is 0 Å². The Morgan fingerprint density at radius 3 is 1.79 bits per heavy atom. The third-order valence-corrected chi connectivity index (χ3v) is 7.59. The molecule has 5 heteroatoms. The molecule has 1 aliphatic rings. The second kappa shape index (κ2) is 8.85. The highest BCUT2D eigenvalue weighted by molar-refractivity contribution is 9.10. The van der Waals surface area contributed by atoms with E-state index in [9.17, 15) is 9.59 Å². The van der Waals surface area contributed by atoms with Gasteiger partial charge < -0.3 is 0 Å². The van der Waals surface area contributed by atoms with Gasteiger partial charge in [-0.1, -0.05) is 87.1 Å². The third-order valence-electron chi connectivity index (χ3n) is 5.06. The average Bonchev–Trinajstić information content (AvgIpc) is 2.68. The molecule has 1 saturated carbocycles. The van der Waals surface area contributed by atoms with Crippen molar-refractivity contribution in [3.8, 4) is 0 Å². The zero-order chi connectivity index (χ0) is 20.4. The summed E-state index contributed by atoms with van der Waals surface area (Å²) < 4.78 is -0.944. The highest BCUT2D eigenvalue weighted by atomic mass is 79.9. The van der Waals surface area contributed by atoms with E-state index in [2.05, 4.69) is 31.9 Å². The van der Waals surface area contributed by atoms with Crippen molar-refractivity contribution in [2.45, 2.75) is 64.4 Å². The van der Waals surface area contributed by atoms with Crippen molar-refractivity contribution >= 4 is 55.2 Å². The van der Waals surface area contributed by atoms with Crippen LogP contribution in [-0.4, -0.2) is 20.2 Å². The van der Waals surface area contributed by atoms with Crippen LogP contribution in [0.1, 0.15) is 66.7 Å². The fourth-order valence-corrected chi connectivity index (χ4v) is 5.26. The number of alkyl halides is 2. The van der Waals surface area contributed by atoms with Gasteiger partial charge in [-0.05, 0) is 51.0 Å². The fraction of sp³-hybridized carbons (Fsp3) is 0.391. The lowest BCUT2D eigenvalue weighted by Gasteiger charge is -2.30. The molecule has 3 rings (SSSR count). The second-order valence-electron chi connectivity index (χ2n) is 7.81. The monoisotopic (exact) mass is 522 g/mol. The molecule has 0 heterocycles. The summed E-state index contributed by atoms with van der Waals surface area (Å²) in [6, 6.07) is 15.5. The van der Waals surface area contributed by atoms with Gasteiger partial charge in [0.25, 0.3) is 0 Å². The number of Topliss-reactive ketones (excluding diaryl/α,β-unsaturated/α-hetero) is 2. The van der Waals surface area contributed by atoms with Gasteiger partial charge in [0.05, 0.1) is 8.65 Å². The molecule has 1 fully saturated rings. The number of hydrogen-bond acceptors (Lipinski definition) is 3. The van der Waals surface area contributed by atoms with E-state index in [-0.39, 0.29) is 15.9 Å². The van der Waals surface area contributed by atoms with Crippen molar-refractivity contribution in [3.05, 3.63) is 59.7 Å². The molecule has 0 saturated heterocycles. The SMILES string of the molecule is CC(C)(Br)C(=O)c1ccc(Sc2ccc(C(=O)C3(Br)CCCCC3)cc2)cc1. The van der Waals surface area contributed by atoms with E-state index in [0.29, 0.717) is 5.56 Å². The quantitative estimate of drug-likeness (QED) is 0.291. The Bertz CT molecular complexity index is 846. The van der Waals surface area contributed by atoms with Crippen LogP contribution in [-0.2, 0) is 0 Å². The molecule has 0 amide bonds. The molecule has 0 atom stereocenters. The van der Waals surface area contributed by atoms with Gasteiger partial charge in [0.15, 0.2) is 11.6 Å². The summed E-state index contributed by atoms with van der Waals surface area (Å²) in [7, 11) is 0. The fourth-order valence-electron chi connectivity index (χ4n) is 3.43. The van der Waals surface area contributed by atoms with E-state index in [1.165, 1.54) is 6.42 Å². The number of ketones is 2. The molecule has 2 nitrogen and oxygen atoms in total. The first-order valence-corrected chi connectivity index (χ1v) is 11.9. The second-order valence-corrected chi connectivity index (χ2v) is 12.5. The number of carbonyl (C=O) groups is 2. The zero-order valence-electron chi connectivity index (χ0n) is 16.1. The van der Waals surface area contributed by atoms with Gasteiger partial charge in [0.1, 0.15) is 0 Å². The van der Waals surface area contributed by atoms with Gasteiger partial charge >= 0.3 is 0 Å². The molecule has 0 unspecified atom stereocenters. The molecule has 0 radical (unpaired) electrons. The van der Waals surface area contributed by atoms with Crippen molar-refractivity contribution < 1.29 is 9.59 Å². The lowest BCUT2D eigenvalue weighted by Crippen LogP contribution is -2.34. The molecule has 0 bridgehead atoms. The molecule has 0 aliphatic heterocycles. The number of hydrogen-bond donors (Lipinski definition) is 0. The lowest BCUT2D eigenvalue weighted by molar-refractivity contribution is 0.0922. The van der Waals surface area contributed by atoms with Crippen LogP contribution in [0.3, 0.4) is 0 Å². The minimum atomic E-state index is -0.560. The van der Waals surface area contributed by atoms with E-state index in [1.54, 1.807) is 11.8 Å². The molecule has 0 spiro atoms. The zero-order valence-corrected chi connectivity index (χ0v) is 20.1. The highest BCUT2D eigenvalue weighted by Gasteiger charge is 2.37. The molecular formula is C23H24Br2O2S. The van der Waals surface area contributed by atoms with Crippen molar-refractivity contribution in [2.24, 2.45) is 0 Å². The van der Waals surface area contributed by atoms with E-state index in [4.69, 9.17) is 0 Å². The smallest absolute Gasteiger partial charge is 0.179 e. The predicted molar refractivity (Wildman–Crippen MR) is 123 cm³/mol. The first-order valence-electron chi connectivity index (χ1n) is 9.54. The Morgan fingerprint density at radius 2 is 1.32 bits per heavy atom. The Morgan fingerprint density at radius 1 is 0.857 bits per heavy atom. The van der Waals surface area contributed by atoms with Crippen LogP contribution in [0.4, 0.5) is 0 Å². The Hall–Kier alpha value is -0.910. The molecule has 28 heavy (non-hydrogen) atoms. The first kappa shape index (κ1) is 21.8. The Labute approximate surface area is 188 Å². The molecule has 148 valence electrons.